The molecule has 0 bridgehead atoms. The smallest absolute Gasteiger partial charge is 0.352 e. The van der Waals surface area contributed by atoms with Gasteiger partial charge in [0, 0.05) is 17.8 Å². The number of rotatable bonds is 3. The zero-order valence-corrected chi connectivity index (χ0v) is 10.7. The van der Waals surface area contributed by atoms with Gasteiger partial charge in [-0.25, -0.2) is 4.79 Å². The summed E-state index contributed by atoms with van der Waals surface area (Å²) in [5.41, 5.74) is 0.740. The molecule has 0 aliphatic heterocycles. The maximum absolute atomic E-state index is 11.4. The quantitative estimate of drug-likeness (QED) is 0.660. The molecule has 0 atom stereocenters. The van der Waals surface area contributed by atoms with Crippen molar-refractivity contribution in [1.29, 1.82) is 0 Å². The number of carboxylic acids is 1. The molecule has 0 aromatic carbocycles. The van der Waals surface area contributed by atoms with Gasteiger partial charge in [0.2, 0.25) is 0 Å². The van der Waals surface area contributed by atoms with Gasteiger partial charge in [-0.15, -0.1) is 0 Å². The minimum absolute atomic E-state index is 0.0788. The zero-order valence-electron chi connectivity index (χ0n) is 10.7. The molecule has 18 heavy (non-hydrogen) atoms. The Kier molecular flexibility index (Phi) is 3.84. The van der Waals surface area contributed by atoms with Crippen LogP contribution in [0.1, 0.15) is 72.3 Å². The molecule has 2 rings (SSSR count). The highest BCUT2D eigenvalue weighted by molar-refractivity contribution is 5.97. The lowest BCUT2D eigenvalue weighted by molar-refractivity contribution is 0.0681. The molecule has 1 aromatic heterocycles. The van der Waals surface area contributed by atoms with Crippen LogP contribution in [0.3, 0.4) is 0 Å². The van der Waals surface area contributed by atoms with Crippen LogP contribution in [0.2, 0.25) is 0 Å². The molecule has 1 saturated carbocycles. The van der Waals surface area contributed by atoms with Crippen LogP contribution in [0.4, 0.5) is 0 Å². The minimum atomic E-state index is -0.952. The third kappa shape index (κ3) is 2.63. The van der Waals surface area contributed by atoms with Gasteiger partial charge in [0.25, 0.3) is 0 Å². The fourth-order valence-electron chi connectivity index (χ4n) is 2.68. The van der Waals surface area contributed by atoms with Gasteiger partial charge < -0.3 is 9.67 Å². The molecule has 0 amide bonds. The van der Waals surface area contributed by atoms with Gasteiger partial charge in [-0.3, -0.25) is 4.79 Å². The molecule has 1 N–H and O–H groups in total. The van der Waals surface area contributed by atoms with Crippen LogP contribution in [0.5, 0.6) is 0 Å². The number of aromatic nitrogens is 1. The lowest BCUT2D eigenvalue weighted by atomic mass is 10.1. The van der Waals surface area contributed by atoms with Crippen molar-refractivity contribution in [2.45, 2.75) is 51.5 Å². The van der Waals surface area contributed by atoms with Gasteiger partial charge in [-0.1, -0.05) is 25.7 Å². The molecule has 0 spiro atoms. The van der Waals surface area contributed by atoms with Crippen molar-refractivity contribution in [3.8, 4) is 0 Å². The monoisotopic (exact) mass is 249 g/mol. The normalized spacial score (nSPS) is 17.4. The SMILES string of the molecule is CC(=O)c1cc(C(=O)O)n(C2CCCCCC2)c1. The minimum Gasteiger partial charge on any atom is -0.477 e. The Morgan fingerprint density at radius 1 is 1.22 bits per heavy atom. The number of carbonyl (C=O) groups is 2. The van der Waals surface area contributed by atoms with Gasteiger partial charge in [0.05, 0.1) is 0 Å². The lowest BCUT2D eigenvalue weighted by Crippen LogP contribution is -2.13. The first kappa shape index (κ1) is 12.9. The summed E-state index contributed by atoms with van der Waals surface area (Å²) in [5, 5.41) is 9.23. The van der Waals surface area contributed by atoms with Crippen LogP contribution in [0, 0.1) is 0 Å². The van der Waals surface area contributed by atoms with Crippen molar-refractivity contribution in [3.63, 3.8) is 0 Å². The fraction of sp³-hybridized carbons (Fsp3) is 0.571. The number of Topliss-reactive ketones (excluding diaryl/α,β-unsaturated/α-hetero) is 1. The fourth-order valence-corrected chi connectivity index (χ4v) is 2.68. The van der Waals surface area contributed by atoms with Crippen molar-refractivity contribution >= 4 is 11.8 Å². The van der Waals surface area contributed by atoms with Gasteiger partial charge >= 0.3 is 5.97 Å². The summed E-state index contributed by atoms with van der Waals surface area (Å²) in [6.07, 6.45) is 8.44. The molecule has 98 valence electrons. The average molecular weight is 249 g/mol. The largest absolute Gasteiger partial charge is 0.477 e. The molecule has 0 saturated heterocycles. The maximum Gasteiger partial charge on any atom is 0.352 e. The summed E-state index contributed by atoms with van der Waals surface area (Å²) in [5.74, 6) is -1.03. The summed E-state index contributed by atoms with van der Waals surface area (Å²) in [4.78, 5) is 22.6. The van der Waals surface area contributed by atoms with E-state index in [0.717, 1.165) is 25.7 Å². The number of hydrogen-bond donors (Lipinski definition) is 1. The second kappa shape index (κ2) is 5.38. The van der Waals surface area contributed by atoms with Crippen LogP contribution in [0.25, 0.3) is 0 Å². The third-order valence-corrected chi connectivity index (χ3v) is 3.69. The predicted molar refractivity (Wildman–Crippen MR) is 68.1 cm³/mol. The Morgan fingerprint density at radius 2 is 1.83 bits per heavy atom. The number of hydrogen-bond acceptors (Lipinski definition) is 2. The van der Waals surface area contributed by atoms with E-state index in [1.54, 1.807) is 10.8 Å². The lowest BCUT2D eigenvalue weighted by Gasteiger charge is -2.18. The molecular weight excluding hydrogens is 230 g/mol. The second-order valence-corrected chi connectivity index (χ2v) is 5.03. The van der Waals surface area contributed by atoms with Crippen LogP contribution in [-0.2, 0) is 0 Å². The molecule has 4 heteroatoms. The predicted octanol–water partition coefficient (Wildman–Crippen LogP) is 3.28. The van der Waals surface area contributed by atoms with E-state index in [0.29, 0.717) is 5.56 Å². The zero-order chi connectivity index (χ0) is 13.1. The Bertz CT molecular complexity index is 454. The summed E-state index contributed by atoms with van der Waals surface area (Å²) < 4.78 is 1.80. The van der Waals surface area contributed by atoms with Gasteiger partial charge in [-0.2, -0.15) is 0 Å². The van der Waals surface area contributed by atoms with Crippen LogP contribution >= 0.6 is 0 Å². The molecule has 0 unspecified atom stereocenters. The Balaban J connectivity index is 2.34. The Labute approximate surface area is 107 Å². The Morgan fingerprint density at radius 3 is 2.33 bits per heavy atom. The molecule has 1 heterocycles. The van der Waals surface area contributed by atoms with E-state index in [4.69, 9.17) is 0 Å². The average Bonchev–Trinajstić information content (AvgIpc) is 2.59. The van der Waals surface area contributed by atoms with E-state index in [2.05, 4.69) is 0 Å². The van der Waals surface area contributed by atoms with E-state index in [1.807, 2.05) is 0 Å². The highest BCUT2D eigenvalue weighted by Crippen LogP contribution is 2.29. The van der Waals surface area contributed by atoms with E-state index in [-0.39, 0.29) is 17.5 Å². The molecule has 1 aliphatic carbocycles. The first-order chi connectivity index (χ1) is 8.59. The van der Waals surface area contributed by atoms with E-state index < -0.39 is 5.97 Å². The van der Waals surface area contributed by atoms with E-state index >= 15 is 0 Å². The first-order valence-electron chi connectivity index (χ1n) is 6.55. The molecular formula is C14H19NO3. The summed E-state index contributed by atoms with van der Waals surface area (Å²) >= 11 is 0. The number of nitrogens with zero attached hydrogens (tertiary/aromatic N) is 1. The van der Waals surface area contributed by atoms with Crippen molar-refractivity contribution in [3.05, 3.63) is 23.5 Å². The maximum atomic E-state index is 11.4. The summed E-state index contributed by atoms with van der Waals surface area (Å²) in [6.45, 7) is 1.47. The number of carboxylic acid groups (broad SMARTS) is 1. The van der Waals surface area contributed by atoms with Crippen molar-refractivity contribution in [2.24, 2.45) is 0 Å². The highest BCUT2D eigenvalue weighted by atomic mass is 16.4. The second-order valence-electron chi connectivity index (χ2n) is 5.03. The molecule has 0 radical (unpaired) electrons. The number of ketones is 1. The third-order valence-electron chi connectivity index (χ3n) is 3.69. The summed E-state index contributed by atoms with van der Waals surface area (Å²) in [6, 6.07) is 1.72. The number of carbonyl (C=O) groups excluding carboxylic acids is 1. The van der Waals surface area contributed by atoms with Crippen LogP contribution in [0.15, 0.2) is 12.3 Å². The van der Waals surface area contributed by atoms with Crippen LogP contribution < -0.4 is 0 Å². The molecule has 1 aromatic rings. The van der Waals surface area contributed by atoms with Crippen molar-refractivity contribution in [2.75, 3.05) is 0 Å². The van der Waals surface area contributed by atoms with Gasteiger partial charge in [0.15, 0.2) is 5.78 Å². The topological polar surface area (TPSA) is 59.3 Å². The number of aromatic carboxylic acids is 1. The highest BCUT2D eigenvalue weighted by Gasteiger charge is 2.21. The molecule has 1 aliphatic rings. The van der Waals surface area contributed by atoms with Crippen molar-refractivity contribution < 1.29 is 14.7 Å². The van der Waals surface area contributed by atoms with Gasteiger partial charge in [-0.05, 0) is 25.8 Å². The first-order valence-corrected chi connectivity index (χ1v) is 6.55. The van der Waals surface area contributed by atoms with E-state index in [1.165, 1.54) is 25.8 Å². The van der Waals surface area contributed by atoms with Crippen molar-refractivity contribution in [1.82, 2.24) is 4.57 Å². The van der Waals surface area contributed by atoms with Crippen LogP contribution in [-0.4, -0.2) is 21.4 Å². The standard InChI is InChI=1S/C14H19NO3/c1-10(16)11-8-13(14(17)18)15(9-11)12-6-4-2-3-5-7-12/h8-9,12H,2-7H2,1H3,(H,17,18). The molecule has 1 fully saturated rings. The van der Waals surface area contributed by atoms with E-state index in [9.17, 15) is 14.7 Å². The summed E-state index contributed by atoms with van der Waals surface area (Å²) in [7, 11) is 0. The van der Waals surface area contributed by atoms with Gasteiger partial charge in [0.1, 0.15) is 5.69 Å². The molecule has 4 nitrogen and oxygen atoms in total. The Hall–Kier alpha value is -1.58.